The first-order chi connectivity index (χ1) is 11.8. The second-order valence-corrected chi connectivity index (χ2v) is 6.33. The van der Waals surface area contributed by atoms with Crippen LogP contribution < -0.4 is 0 Å². The van der Waals surface area contributed by atoms with E-state index in [4.69, 9.17) is 14.2 Å². The summed E-state index contributed by atoms with van der Waals surface area (Å²) < 4.78 is 15.9. The van der Waals surface area contributed by atoms with Gasteiger partial charge in [0.25, 0.3) is 5.91 Å². The van der Waals surface area contributed by atoms with E-state index in [1.54, 1.807) is 20.8 Å². The van der Waals surface area contributed by atoms with Crippen LogP contribution in [0.1, 0.15) is 26.3 Å². The molecule has 1 heterocycles. The van der Waals surface area contributed by atoms with Crippen molar-refractivity contribution < 1.29 is 28.6 Å². The van der Waals surface area contributed by atoms with Gasteiger partial charge in [0.2, 0.25) is 0 Å². The fourth-order valence-electron chi connectivity index (χ4n) is 2.67. The Kier molecular flexibility index (Phi) is 5.92. The fourth-order valence-corrected chi connectivity index (χ4v) is 2.67. The highest BCUT2D eigenvalue weighted by atomic mass is 16.8. The van der Waals surface area contributed by atoms with Gasteiger partial charge in [-0.3, -0.25) is 4.79 Å². The summed E-state index contributed by atoms with van der Waals surface area (Å²) in [6, 6.07) is 8.58. The van der Waals surface area contributed by atoms with Gasteiger partial charge in [0.15, 0.2) is 18.0 Å². The number of hydrogen-bond acceptors (Lipinski definition) is 6. The maximum atomic E-state index is 13.0. The minimum Gasteiger partial charge on any atom is -0.467 e. The Morgan fingerprint density at radius 1 is 1.24 bits per heavy atom. The number of rotatable bonds is 6. The van der Waals surface area contributed by atoms with Crippen LogP contribution in [0.3, 0.4) is 0 Å². The van der Waals surface area contributed by atoms with Gasteiger partial charge in [0.05, 0.1) is 13.2 Å². The largest absolute Gasteiger partial charge is 0.467 e. The number of nitrogens with zero attached hydrogens (tertiary/aromatic N) is 1. The van der Waals surface area contributed by atoms with Crippen molar-refractivity contribution in [3.05, 3.63) is 35.9 Å². The van der Waals surface area contributed by atoms with Gasteiger partial charge in [0.1, 0.15) is 6.29 Å². The summed E-state index contributed by atoms with van der Waals surface area (Å²) in [5, 5.41) is 0. The van der Waals surface area contributed by atoms with Crippen LogP contribution in [0, 0.1) is 0 Å². The molecule has 25 heavy (non-hydrogen) atoms. The molecule has 0 aliphatic carbocycles. The molecule has 3 atom stereocenters. The van der Waals surface area contributed by atoms with Gasteiger partial charge in [0, 0.05) is 6.54 Å². The highest BCUT2D eigenvalue weighted by molar-refractivity contribution is 5.90. The molecule has 1 aliphatic heterocycles. The molecule has 1 aliphatic rings. The summed E-state index contributed by atoms with van der Waals surface area (Å²) in [6.45, 7) is 5.05. The average molecular weight is 349 g/mol. The number of aldehydes is 1. The highest BCUT2D eigenvalue weighted by Gasteiger charge is 2.51. The zero-order valence-corrected chi connectivity index (χ0v) is 14.8. The summed E-state index contributed by atoms with van der Waals surface area (Å²) in [4.78, 5) is 37.7. The molecule has 0 spiro atoms. The number of methoxy groups -OCH3 is 1. The van der Waals surface area contributed by atoms with Crippen LogP contribution in [0.2, 0.25) is 0 Å². The minimum atomic E-state index is -1.18. The maximum absolute atomic E-state index is 13.0. The lowest BCUT2D eigenvalue weighted by molar-refractivity contribution is -0.169. The van der Waals surface area contributed by atoms with E-state index in [2.05, 4.69) is 0 Å². The Morgan fingerprint density at radius 3 is 2.40 bits per heavy atom. The molecule has 2 rings (SSSR count). The quantitative estimate of drug-likeness (QED) is 0.569. The van der Waals surface area contributed by atoms with Crippen LogP contribution in [0.15, 0.2) is 30.3 Å². The molecule has 1 amide bonds. The van der Waals surface area contributed by atoms with Crippen molar-refractivity contribution in [1.29, 1.82) is 0 Å². The predicted molar refractivity (Wildman–Crippen MR) is 88.4 cm³/mol. The molecule has 0 radical (unpaired) electrons. The summed E-state index contributed by atoms with van der Waals surface area (Å²) in [6.07, 6.45) is -1.67. The molecule has 1 saturated heterocycles. The first-order valence-corrected chi connectivity index (χ1v) is 8.02. The van der Waals surface area contributed by atoms with E-state index in [9.17, 15) is 14.4 Å². The summed E-state index contributed by atoms with van der Waals surface area (Å²) >= 11 is 0. The van der Waals surface area contributed by atoms with E-state index in [-0.39, 0.29) is 6.54 Å². The zero-order chi connectivity index (χ0) is 18.6. The van der Waals surface area contributed by atoms with Gasteiger partial charge < -0.3 is 23.9 Å². The molecule has 0 saturated carbocycles. The van der Waals surface area contributed by atoms with Crippen LogP contribution in [-0.4, -0.2) is 54.2 Å². The van der Waals surface area contributed by atoms with Crippen LogP contribution in [0.4, 0.5) is 0 Å². The van der Waals surface area contributed by atoms with E-state index in [1.165, 1.54) is 12.0 Å². The molecule has 1 aromatic rings. The van der Waals surface area contributed by atoms with E-state index >= 15 is 0 Å². The third-order valence-corrected chi connectivity index (χ3v) is 3.94. The first-order valence-electron chi connectivity index (χ1n) is 8.02. The van der Waals surface area contributed by atoms with Crippen LogP contribution in [0.5, 0.6) is 0 Å². The van der Waals surface area contributed by atoms with Crippen molar-refractivity contribution in [3.63, 3.8) is 0 Å². The van der Waals surface area contributed by atoms with Crippen LogP contribution in [0.25, 0.3) is 0 Å². The standard InChI is InChI=1S/C18H23NO6/c1-12(11-20)19(10-13-8-6-5-7-9-13)16(21)14-15(17(22)23-4)25-18(2,3)24-14/h5-9,11-12,14-15H,10H2,1-4H3/t12-,14-,15-/m1/s1. The fraction of sp³-hybridized carbons (Fsp3) is 0.500. The summed E-state index contributed by atoms with van der Waals surface area (Å²) in [5.74, 6) is -2.30. The van der Waals surface area contributed by atoms with Crippen molar-refractivity contribution >= 4 is 18.2 Å². The van der Waals surface area contributed by atoms with Gasteiger partial charge in [-0.25, -0.2) is 4.79 Å². The molecule has 0 bridgehead atoms. The third-order valence-electron chi connectivity index (χ3n) is 3.94. The summed E-state index contributed by atoms with van der Waals surface area (Å²) in [5.41, 5.74) is 0.859. The molecule has 7 nitrogen and oxygen atoms in total. The van der Waals surface area contributed by atoms with Gasteiger partial charge in [-0.2, -0.15) is 0 Å². The van der Waals surface area contributed by atoms with E-state index in [0.717, 1.165) is 5.56 Å². The normalized spacial score (nSPS) is 22.9. The molecule has 1 aromatic carbocycles. The molecule has 0 aromatic heterocycles. The molecular weight excluding hydrogens is 326 g/mol. The topological polar surface area (TPSA) is 82.1 Å². The van der Waals surface area contributed by atoms with Crippen LogP contribution >= 0.6 is 0 Å². The lowest BCUT2D eigenvalue weighted by atomic mass is 10.1. The lowest BCUT2D eigenvalue weighted by Gasteiger charge is -2.29. The zero-order valence-electron chi connectivity index (χ0n) is 14.8. The maximum Gasteiger partial charge on any atom is 0.338 e. The number of carbonyl (C=O) groups is 3. The lowest BCUT2D eigenvalue weighted by Crippen LogP contribution is -2.49. The molecule has 1 fully saturated rings. The number of amides is 1. The number of hydrogen-bond donors (Lipinski definition) is 0. The molecule has 136 valence electrons. The SMILES string of the molecule is COC(=O)[C@@H]1OC(C)(C)O[C@H]1C(=O)N(Cc1ccccc1)[C@H](C)C=O. The van der Waals surface area contributed by atoms with Crippen LogP contribution in [-0.2, 0) is 35.1 Å². The Morgan fingerprint density at radius 2 is 1.84 bits per heavy atom. The number of carbonyl (C=O) groups excluding carboxylic acids is 3. The summed E-state index contributed by atoms with van der Waals surface area (Å²) in [7, 11) is 1.22. The molecular formula is C18H23NO6. The number of esters is 1. The van der Waals surface area contributed by atoms with E-state index in [0.29, 0.717) is 6.29 Å². The highest BCUT2D eigenvalue weighted by Crippen LogP contribution is 2.30. The monoisotopic (exact) mass is 349 g/mol. The van der Waals surface area contributed by atoms with E-state index < -0.39 is 35.9 Å². The average Bonchev–Trinajstić information content (AvgIpc) is 2.94. The third kappa shape index (κ3) is 4.43. The van der Waals surface area contributed by atoms with Gasteiger partial charge in [-0.05, 0) is 26.3 Å². The predicted octanol–water partition coefficient (Wildman–Crippen LogP) is 1.30. The Balaban J connectivity index is 2.28. The van der Waals surface area contributed by atoms with Gasteiger partial charge >= 0.3 is 5.97 Å². The Hall–Kier alpha value is -2.25. The van der Waals surface area contributed by atoms with Crippen molar-refractivity contribution in [2.75, 3.05) is 7.11 Å². The van der Waals surface area contributed by atoms with Crippen molar-refractivity contribution in [3.8, 4) is 0 Å². The second-order valence-electron chi connectivity index (χ2n) is 6.33. The molecule has 0 N–H and O–H groups in total. The van der Waals surface area contributed by atoms with Crippen molar-refractivity contribution in [2.24, 2.45) is 0 Å². The number of ether oxygens (including phenoxy) is 3. The second kappa shape index (κ2) is 7.76. The first kappa shape index (κ1) is 19.1. The van der Waals surface area contributed by atoms with Gasteiger partial charge in [-0.15, -0.1) is 0 Å². The Bertz CT molecular complexity index is 630. The van der Waals surface area contributed by atoms with Crippen molar-refractivity contribution in [2.45, 2.75) is 51.4 Å². The molecule has 7 heteroatoms. The molecule has 0 unspecified atom stereocenters. The van der Waals surface area contributed by atoms with Crippen molar-refractivity contribution in [1.82, 2.24) is 4.90 Å². The van der Waals surface area contributed by atoms with Gasteiger partial charge in [-0.1, -0.05) is 30.3 Å². The smallest absolute Gasteiger partial charge is 0.338 e. The Labute approximate surface area is 146 Å². The van der Waals surface area contributed by atoms with E-state index in [1.807, 2.05) is 30.3 Å². The number of benzene rings is 1. The minimum absolute atomic E-state index is 0.216.